The first-order chi connectivity index (χ1) is 10.9. The molecule has 0 radical (unpaired) electrons. The molecule has 2 aromatic rings. The number of nitrogens with two attached hydrogens (primary N) is 1. The lowest BCUT2D eigenvalue weighted by Crippen LogP contribution is -2.34. The molecule has 1 atom stereocenters. The van der Waals surface area contributed by atoms with Gasteiger partial charge in [0, 0.05) is 12.7 Å². The predicted octanol–water partition coefficient (Wildman–Crippen LogP) is 1.29. The van der Waals surface area contributed by atoms with Crippen molar-refractivity contribution in [2.24, 2.45) is 5.73 Å². The van der Waals surface area contributed by atoms with Crippen molar-refractivity contribution >= 4 is 11.8 Å². The van der Waals surface area contributed by atoms with E-state index in [1.54, 1.807) is 12.1 Å². The van der Waals surface area contributed by atoms with Crippen LogP contribution in [0.15, 0.2) is 36.5 Å². The minimum atomic E-state index is -0.630. The van der Waals surface area contributed by atoms with Crippen molar-refractivity contribution < 1.29 is 14.0 Å². The molecule has 0 aliphatic rings. The van der Waals surface area contributed by atoms with Gasteiger partial charge in [0.25, 0.3) is 11.8 Å². The zero-order valence-electron chi connectivity index (χ0n) is 13.0. The lowest BCUT2D eigenvalue weighted by atomic mass is 10.1. The van der Waals surface area contributed by atoms with E-state index in [1.165, 1.54) is 24.4 Å². The van der Waals surface area contributed by atoms with E-state index < -0.39 is 5.91 Å². The Morgan fingerprint density at radius 1 is 1.35 bits per heavy atom. The van der Waals surface area contributed by atoms with Crippen LogP contribution in [0.2, 0.25) is 0 Å². The Bertz CT molecular complexity index is 712. The fourth-order valence-corrected chi connectivity index (χ4v) is 2.27. The summed E-state index contributed by atoms with van der Waals surface area (Å²) in [5, 5.41) is 2.78. The Balaban J connectivity index is 2.06. The third-order valence-electron chi connectivity index (χ3n) is 3.52. The van der Waals surface area contributed by atoms with E-state index in [0.717, 1.165) is 5.56 Å². The maximum atomic E-state index is 13.4. The van der Waals surface area contributed by atoms with Gasteiger partial charge in [0.15, 0.2) is 0 Å². The minimum absolute atomic E-state index is 0.171. The van der Waals surface area contributed by atoms with Crippen molar-refractivity contribution in [3.8, 4) is 0 Å². The Morgan fingerprint density at radius 3 is 2.65 bits per heavy atom. The number of nitrogens with one attached hydrogen (secondary N) is 2. The number of likely N-dealkylation sites (N-methyl/N-ethyl adjacent to an activating group) is 1. The number of aromatic amines is 1. The van der Waals surface area contributed by atoms with E-state index in [4.69, 9.17) is 5.73 Å². The van der Waals surface area contributed by atoms with Gasteiger partial charge < -0.3 is 20.9 Å². The van der Waals surface area contributed by atoms with Gasteiger partial charge in [-0.1, -0.05) is 12.1 Å². The Morgan fingerprint density at radius 2 is 2.09 bits per heavy atom. The van der Waals surface area contributed by atoms with Crippen molar-refractivity contribution in [3.05, 3.63) is 59.2 Å². The fraction of sp³-hybridized carbons (Fsp3) is 0.250. The predicted molar refractivity (Wildman–Crippen MR) is 84.5 cm³/mol. The van der Waals surface area contributed by atoms with E-state index in [9.17, 15) is 14.0 Å². The first kappa shape index (κ1) is 16.7. The maximum Gasteiger partial charge on any atom is 0.265 e. The molecule has 0 spiro atoms. The van der Waals surface area contributed by atoms with Crippen molar-refractivity contribution in [2.75, 3.05) is 20.6 Å². The van der Waals surface area contributed by atoms with Crippen LogP contribution in [0.1, 0.15) is 32.5 Å². The summed E-state index contributed by atoms with van der Waals surface area (Å²) in [6.07, 6.45) is 1.42. The Labute approximate surface area is 133 Å². The van der Waals surface area contributed by atoms with Crippen LogP contribution in [0.25, 0.3) is 0 Å². The van der Waals surface area contributed by atoms with Crippen LogP contribution >= 0.6 is 0 Å². The second-order valence-electron chi connectivity index (χ2n) is 5.41. The van der Waals surface area contributed by atoms with Gasteiger partial charge in [0.05, 0.1) is 11.6 Å². The van der Waals surface area contributed by atoms with Crippen LogP contribution < -0.4 is 11.1 Å². The monoisotopic (exact) mass is 318 g/mol. The summed E-state index contributed by atoms with van der Waals surface area (Å²) < 4.78 is 13.4. The average Bonchev–Trinajstić information content (AvgIpc) is 2.97. The molecule has 0 saturated carbocycles. The smallest absolute Gasteiger partial charge is 0.265 e. The molecule has 2 rings (SSSR count). The molecule has 1 heterocycles. The number of carbonyl (C=O) groups excluding carboxylic acids is 2. The molecule has 2 amide bonds. The van der Waals surface area contributed by atoms with Gasteiger partial charge in [0.1, 0.15) is 11.5 Å². The molecule has 0 aliphatic heterocycles. The summed E-state index contributed by atoms with van der Waals surface area (Å²) in [7, 11) is 3.70. The van der Waals surface area contributed by atoms with Gasteiger partial charge in [-0.3, -0.25) is 9.59 Å². The van der Waals surface area contributed by atoms with Gasteiger partial charge in [-0.25, -0.2) is 4.39 Å². The first-order valence-corrected chi connectivity index (χ1v) is 7.07. The van der Waals surface area contributed by atoms with Crippen molar-refractivity contribution in [3.63, 3.8) is 0 Å². The number of H-pyrrole nitrogens is 1. The molecule has 1 aromatic heterocycles. The molecule has 4 N–H and O–H groups in total. The first-order valence-electron chi connectivity index (χ1n) is 7.07. The summed E-state index contributed by atoms with van der Waals surface area (Å²) >= 11 is 0. The molecule has 1 unspecified atom stereocenters. The quantitative estimate of drug-likeness (QED) is 0.749. The summed E-state index contributed by atoms with van der Waals surface area (Å²) in [6, 6.07) is 7.47. The molecular formula is C16H19FN4O2. The number of primary amides is 1. The van der Waals surface area contributed by atoms with Crippen LogP contribution in [-0.2, 0) is 0 Å². The highest BCUT2D eigenvalue weighted by molar-refractivity contribution is 5.98. The number of carbonyl (C=O) groups is 2. The van der Waals surface area contributed by atoms with E-state index in [-0.39, 0.29) is 23.5 Å². The molecule has 7 heteroatoms. The van der Waals surface area contributed by atoms with E-state index in [0.29, 0.717) is 12.1 Å². The summed E-state index contributed by atoms with van der Waals surface area (Å²) in [5.41, 5.74) is 6.39. The molecular weight excluding hydrogens is 299 g/mol. The van der Waals surface area contributed by atoms with Crippen LogP contribution in [-0.4, -0.2) is 42.3 Å². The number of benzene rings is 1. The topological polar surface area (TPSA) is 91.2 Å². The Kier molecular flexibility index (Phi) is 5.13. The highest BCUT2D eigenvalue weighted by Gasteiger charge is 2.17. The van der Waals surface area contributed by atoms with Crippen LogP contribution in [0, 0.1) is 5.82 Å². The number of nitrogens with zero attached hydrogens (tertiary/aromatic N) is 1. The molecule has 0 saturated heterocycles. The summed E-state index contributed by atoms with van der Waals surface area (Å²) in [6.45, 7) is 0.298. The largest absolute Gasteiger partial charge is 0.364 e. The molecule has 0 fully saturated rings. The second-order valence-corrected chi connectivity index (χ2v) is 5.41. The van der Waals surface area contributed by atoms with Crippen molar-refractivity contribution in [1.82, 2.24) is 15.2 Å². The number of halogens is 1. The molecule has 23 heavy (non-hydrogen) atoms. The zero-order valence-corrected chi connectivity index (χ0v) is 13.0. The number of hydrogen-bond donors (Lipinski definition) is 3. The fourth-order valence-electron chi connectivity index (χ4n) is 2.27. The third-order valence-corrected chi connectivity index (χ3v) is 3.52. The Hall–Kier alpha value is -2.67. The average molecular weight is 318 g/mol. The summed E-state index contributed by atoms with van der Waals surface area (Å²) in [5.74, 6) is -1.29. The molecule has 1 aromatic carbocycles. The third kappa shape index (κ3) is 4.17. The van der Waals surface area contributed by atoms with Gasteiger partial charge >= 0.3 is 0 Å². The van der Waals surface area contributed by atoms with Gasteiger partial charge in [-0.15, -0.1) is 0 Å². The van der Waals surface area contributed by atoms with Crippen LogP contribution in [0.5, 0.6) is 0 Å². The molecule has 122 valence electrons. The zero-order chi connectivity index (χ0) is 17.0. The van der Waals surface area contributed by atoms with Gasteiger partial charge in [0.2, 0.25) is 0 Å². The standard InChI is InChI=1S/C16H19FN4O2/c1-21(2)14(10-4-3-5-12(17)6-10)9-20-16(23)11-7-13(15(18)22)19-8-11/h3-8,14,19H,9H2,1-2H3,(H2,18,22)(H,20,23). The van der Waals surface area contributed by atoms with Crippen molar-refractivity contribution in [2.45, 2.75) is 6.04 Å². The lowest BCUT2D eigenvalue weighted by Gasteiger charge is -2.25. The normalized spacial score (nSPS) is 12.2. The lowest BCUT2D eigenvalue weighted by molar-refractivity contribution is 0.0941. The highest BCUT2D eigenvalue weighted by atomic mass is 19.1. The van der Waals surface area contributed by atoms with Gasteiger partial charge in [-0.2, -0.15) is 0 Å². The number of hydrogen-bond acceptors (Lipinski definition) is 3. The number of aromatic nitrogens is 1. The molecule has 0 bridgehead atoms. The maximum absolute atomic E-state index is 13.4. The highest BCUT2D eigenvalue weighted by Crippen LogP contribution is 2.18. The van der Waals surface area contributed by atoms with E-state index >= 15 is 0 Å². The van der Waals surface area contributed by atoms with E-state index in [1.807, 2.05) is 19.0 Å². The SMILES string of the molecule is CN(C)C(CNC(=O)c1c[nH]c(C(N)=O)c1)c1cccc(F)c1. The van der Waals surface area contributed by atoms with Crippen LogP contribution in [0.4, 0.5) is 4.39 Å². The van der Waals surface area contributed by atoms with E-state index in [2.05, 4.69) is 10.3 Å². The number of amides is 2. The summed E-state index contributed by atoms with van der Waals surface area (Å²) in [4.78, 5) is 27.7. The van der Waals surface area contributed by atoms with Crippen LogP contribution in [0.3, 0.4) is 0 Å². The molecule has 0 aliphatic carbocycles. The minimum Gasteiger partial charge on any atom is -0.364 e. The number of rotatable bonds is 6. The van der Waals surface area contributed by atoms with Crippen molar-refractivity contribution in [1.29, 1.82) is 0 Å². The molecule has 6 nitrogen and oxygen atoms in total. The second kappa shape index (κ2) is 7.06. The van der Waals surface area contributed by atoms with Gasteiger partial charge in [-0.05, 0) is 37.9 Å².